The predicted octanol–water partition coefficient (Wildman–Crippen LogP) is 4.91. The molecular weight excluding hydrogens is 476 g/mol. The molecule has 0 spiro atoms. The van der Waals surface area contributed by atoms with Gasteiger partial charge in [0.2, 0.25) is 5.91 Å². The van der Waals surface area contributed by atoms with Gasteiger partial charge in [-0.3, -0.25) is 14.2 Å². The monoisotopic (exact) mass is 498 g/mol. The zero-order chi connectivity index (χ0) is 22.5. The third kappa shape index (κ3) is 5.31. The highest BCUT2D eigenvalue weighted by atomic mass is 35.5. The number of benzene rings is 1. The van der Waals surface area contributed by atoms with Crippen LogP contribution in [0.2, 0.25) is 5.02 Å². The van der Waals surface area contributed by atoms with Crippen molar-refractivity contribution in [3.8, 4) is 11.4 Å². The number of carbonyl (C=O) groups excluding carboxylic acids is 1. The number of H-pyrrole nitrogens is 1. The van der Waals surface area contributed by atoms with Gasteiger partial charge in [-0.1, -0.05) is 48.5 Å². The summed E-state index contributed by atoms with van der Waals surface area (Å²) in [5.41, 5.74) is 0.719. The number of hydrogen-bond acceptors (Lipinski definition) is 7. The fraction of sp³-hybridized carbons (Fsp3) is 0.400. The van der Waals surface area contributed by atoms with Crippen LogP contribution in [0.4, 0.5) is 0 Å². The Hall–Kier alpha value is -1.88. The van der Waals surface area contributed by atoms with Crippen LogP contribution in [-0.2, 0) is 4.79 Å². The Bertz CT molecular complexity index is 1200. The first-order chi connectivity index (χ1) is 14.9. The third-order valence-electron chi connectivity index (χ3n) is 4.47. The third-order valence-corrected chi connectivity index (χ3v) is 6.93. The normalized spacial score (nSPS) is 11.1. The minimum Gasteiger partial charge on any atom is -0.495 e. The number of hydrogen-bond donors (Lipinski definition) is 1. The number of carbonyl (C=O) groups is 1. The van der Waals surface area contributed by atoms with E-state index in [4.69, 9.17) is 28.6 Å². The second-order valence-electron chi connectivity index (χ2n) is 6.71. The van der Waals surface area contributed by atoms with Crippen molar-refractivity contribution >= 4 is 63.2 Å². The van der Waals surface area contributed by atoms with E-state index in [1.54, 1.807) is 29.9 Å². The molecule has 7 nitrogen and oxygen atoms in total. The van der Waals surface area contributed by atoms with Crippen molar-refractivity contribution in [2.45, 2.75) is 31.8 Å². The van der Waals surface area contributed by atoms with Crippen LogP contribution < -0.4 is 10.3 Å². The lowest BCUT2D eigenvalue weighted by Crippen LogP contribution is -2.33. The van der Waals surface area contributed by atoms with E-state index in [1.807, 2.05) is 18.7 Å². The van der Waals surface area contributed by atoms with Crippen LogP contribution in [0.5, 0.6) is 5.75 Å². The lowest BCUT2D eigenvalue weighted by molar-refractivity contribution is -0.128. The Balaban J connectivity index is 1.99. The zero-order valence-corrected chi connectivity index (χ0v) is 20.6. The van der Waals surface area contributed by atoms with E-state index < -0.39 is 0 Å². The summed E-state index contributed by atoms with van der Waals surface area (Å²) < 4.78 is 7.98. The number of thiazole rings is 1. The number of aromatic amines is 1. The summed E-state index contributed by atoms with van der Waals surface area (Å²) in [6, 6.07) is 5.17. The van der Waals surface area contributed by atoms with Crippen molar-refractivity contribution in [3.63, 3.8) is 0 Å². The van der Waals surface area contributed by atoms with Gasteiger partial charge in [0.05, 0.1) is 18.6 Å². The number of amides is 1. The van der Waals surface area contributed by atoms with Gasteiger partial charge in [-0.2, -0.15) is 0 Å². The Morgan fingerprint density at radius 2 is 2.06 bits per heavy atom. The van der Waals surface area contributed by atoms with Gasteiger partial charge in [0, 0.05) is 18.1 Å². The topological polar surface area (TPSA) is 80.2 Å². The van der Waals surface area contributed by atoms with Crippen molar-refractivity contribution < 1.29 is 9.53 Å². The molecule has 11 heteroatoms. The van der Waals surface area contributed by atoms with Crippen LogP contribution in [0.1, 0.15) is 26.7 Å². The second-order valence-corrected chi connectivity index (χ2v) is 9.76. The van der Waals surface area contributed by atoms with Gasteiger partial charge >= 0.3 is 0 Å². The molecule has 0 fully saturated rings. The van der Waals surface area contributed by atoms with Crippen LogP contribution in [0.25, 0.3) is 16.0 Å². The number of aromatic nitrogens is 3. The number of ether oxygens (including phenoxy) is 1. The summed E-state index contributed by atoms with van der Waals surface area (Å²) >= 11 is 14.1. The van der Waals surface area contributed by atoms with Gasteiger partial charge in [-0.15, -0.1) is 0 Å². The summed E-state index contributed by atoms with van der Waals surface area (Å²) in [5.74, 6) is 0.774. The lowest BCUT2D eigenvalue weighted by Gasteiger charge is -2.21. The average molecular weight is 499 g/mol. The molecular formula is C20H23ClN4O3S3. The highest BCUT2D eigenvalue weighted by molar-refractivity contribution is 7.99. The molecule has 166 valence electrons. The molecule has 1 aromatic carbocycles. The molecule has 0 aliphatic rings. The van der Waals surface area contributed by atoms with Crippen molar-refractivity contribution in [2.75, 3.05) is 26.0 Å². The van der Waals surface area contributed by atoms with Crippen LogP contribution in [0.15, 0.2) is 28.2 Å². The SMILES string of the molecule is CCCN(CCC)C(=O)CSc1nc2c(sc(=S)n2-c2cc(Cl)ccc2OC)c(=O)[nH]1. The van der Waals surface area contributed by atoms with Crippen LogP contribution >= 0.6 is 46.9 Å². The number of nitrogens with zero attached hydrogens (tertiary/aromatic N) is 3. The van der Waals surface area contributed by atoms with Gasteiger partial charge in [-0.25, -0.2) is 4.98 Å². The maximum Gasteiger partial charge on any atom is 0.271 e. The molecule has 0 saturated carbocycles. The number of nitrogens with one attached hydrogen (secondary N) is 1. The minimum absolute atomic E-state index is 0.0232. The first-order valence-electron chi connectivity index (χ1n) is 9.79. The Morgan fingerprint density at radius 3 is 2.71 bits per heavy atom. The molecule has 0 radical (unpaired) electrons. The summed E-state index contributed by atoms with van der Waals surface area (Å²) in [7, 11) is 1.55. The number of methoxy groups -OCH3 is 1. The van der Waals surface area contributed by atoms with Crippen LogP contribution in [0.3, 0.4) is 0 Å². The maximum atomic E-state index is 12.7. The second kappa shape index (κ2) is 10.6. The molecule has 1 amide bonds. The maximum absolute atomic E-state index is 12.7. The molecule has 2 aromatic heterocycles. The molecule has 0 bridgehead atoms. The smallest absolute Gasteiger partial charge is 0.271 e. The van der Waals surface area contributed by atoms with E-state index in [1.165, 1.54) is 11.8 Å². The van der Waals surface area contributed by atoms with E-state index in [0.717, 1.165) is 24.2 Å². The zero-order valence-electron chi connectivity index (χ0n) is 17.4. The number of rotatable bonds is 9. The van der Waals surface area contributed by atoms with Crippen molar-refractivity contribution in [3.05, 3.63) is 37.5 Å². The molecule has 0 aliphatic heterocycles. The van der Waals surface area contributed by atoms with E-state index >= 15 is 0 Å². The van der Waals surface area contributed by atoms with Gasteiger partial charge in [0.15, 0.2) is 14.8 Å². The van der Waals surface area contributed by atoms with Gasteiger partial charge < -0.3 is 14.6 Å². The van der Waals surface area contributed by atoms with Crippen LogP contribution in [-0.4, -0.2) is 51.3 Å². The van der Waals surface area contributed by atoms with Crippen molar-refractivity contribution in [1.29, 1.82) is 0 Å². The average Bonchev–Trinajstić information content (AvgIpc) is 3.08. The molecule has 3 rings (SSSR count). The van der Waals surface area contributed by atoms with Crippen molar-refractivity contribution in [2.24, 2.45) is 0 Å². The standard InChI is InChI=1S/C20H23ClN4O3S3/c1-4-8-24(9-5-2)15(26)11-30-19-22-17-16(18(27)23-19)31-20(29)25(17)13-10-12(21)6-7-14(13)28-3/h6-7,10H,4-5,8-9,11H2,1-3H3,(H,22,23,27). The van der Waals surface area contributed by atoms with E-state index in [0.29, 0.717) is 49.0 Å². The molecule has 2 heterocycles. The van der Waals surface area contributed by atoms with Gasteiger partial charge in [0.1, 0.15) is 10.4 Å². The largest absolute Gasteiger partial charge is 0.495 e. The summed E-state index contributed by atoms with van der Waals surface area (Å²) in [6.45, 7) is 5.52. The van der Waals surface area contributed by atoms with E-state index in [2.05, 4.69) is 9.97 Å². The molecule has 1 N–H and O–H groups in total. The molecule has 0 saturated heterocycles. The summed E-state index contributed by atoms with van der Waals surface area (Å²) in [4.78, 5) is 34.5. The van der Waals surface area contributed by atoms with Crippen molar-refractivity contribution in [1.82, 2.24) is 19.4 Å². The van der Waals surface area contributed by atoms with Gasteiger partial charge in [0.25, 0.3) is 5.56 Å². The number of fused-ring (bicyclic) bond motifs is 1. The minimum atomic E-state index is -0.297. The lowest BCUT2D eigenvalue weighted by atomic mass is 10.3. The van der Waals surface area contributed by atoms with Crippen LogP contribution in [0, 0.1) is 3.95 Å². The van der Waals surface area contributed by atoms with E-state index in [9.17, 15) is 9.59 Å². The predicted molar refractivity (Wildman–Crippen MR) is 130 cm³/mol. The highest BCUT2D eigenvalue weighted by Gasteiger charge is 2.18. The molecule has 0 unspecified atom stereocenters. The fourth-order valence-electron chi connectivity index (χ4n) is 3.13. The molecule has 31 heavy (non-hydrogen) atoms. The molecule has 0 atom stereocenters. The Kier molecular flexibility index (Phi) is 8.15. The van der Waals surface area contributed by atoms with Gasteiger partial charge in [-0.05, 0) is 43.3 Å². The number of halogens is 1. The first kappa shape index (κ1) is 23.8. The molecule has 3 aromatic rings. The highest BCUT2D eigenvalue weighted by Crippen LogP contribution is 2.31. The quantitative estimate of drug-likeness (QED) is 0.256. The Morgan fingerprint density at radius 1 is 1.35 bits per heavy atom. The Labute approximate surface area is 198 Å². The molecule has 0 aliphatic carbocycles. The first-order valence-corrected chi connectivity index (χ1v) is 12.4. The van der Waals surface area contributed by atoms with E-state index in [-0.39, 0.29) is 17.2 Å². The fourth-order valence-corrected chi connectivity index (χ4v) is 5.32. The summed E-state index contributed by atoms with van der Waals surface area (Å²) in [5, 5.41) is 0.871. The number of thioether (sulfide) groups is 1. The summed E-state index contributed by atoms with van der Waals surface area (Å²) in [6.07, 6.45) is 1.80.